The zero-order valence-corrected chi connectivity index (χ0v) is 19.7. The second-order valence-electron chi connectivity index (χ2n) is 9.40. The Labute approximate surface area is 190 Å². The van der Waals surface area contributed by atoms with Crippen LogP contribution in [-0.4, -0.2) is 23.7 Å². The molecule has 4 nitrogen and oxygen atoms in total. The summed E-state index contributed by atoms with van der Waals surface area (Å²) in [6, 6.07) is 18.4. The molecule has 1 aliphatic rings. The molecular formula is C28H31N3O. The molecule has 1 amide bonds. The van der Waals surface area contributed by atoms with Crippen LogP contribution in [0.4, 0.5) is 5.69 Å². The number of hydrogen-bond donors (Lipinski definition) is 1. The van der Waals surface area contributed by atoms with Gasteiger partial charge in [0.2, 0.25) is 0 Å². The van der Waals surface area contributed by atoms with Gasteiger partial charge >= 0.3 is 0 Å². The molecule has 0 saturated carbocycles. The normalized spacial score (nSPS) is 15.2. The number of nitrogens with zero attached hydrogens (tertiary/aromatic N) is 2. The summed E-state index contributed by atoms with van der Waals surface area (Å²) in [5, 5.41) is 6.24. The maximum absolute atomic E-state index is 12.8. The Bertz CT molecular complexity index is 1250. The standard InChI is InChI=1S/C28H31N3O/c1-18(2)31-26-14-19(3)22(15-25(26)20(4)16-28(31,5)6)17-29-30-27(32)24-13-9-11-21-10-7-8-12-23(21)24/h7-18H,1-6H3,(H,30,32)/b29-17-. The Balaban J connectivity index is 1.62. The molecule has 1 heterocycles. The first kappa shape index (κ1) is 21.8. The van der Waals surface area contributed by atoms with Crippen molar-refractivity contribution >= 4 is 34.2 Å². The summed E-state index contributed by atoms with van der Waals surface area (Å²) in [4.78, 5) is 15.2. The average Bonchev–Trinajstić information content (AvgIpc) is 2.73. The van der Waals surface area contributed by atoms with Gasteiger partial charge in [-0.3, -0.25) is 4.79 Å². The molecule has 1 aliphatic heterocycles. The third-order valence-corrected chi connectivity index (χ3v) is 6.18. The molecule has 4 rings (SSSR count). The van der Waals surface area contributed by atoms with Gasteiger partial charge < -0.3 is 4.90 Å². The minimum absolute atomic E-state index is 0.0419. The SMILES string of the molecule is CC1=CC(C)(C)N(C(C)C)c2cc(C)c(/C=N\NC(=O)c3cccc4ccccc34)cc21. The van der Waals surface area contributed by atoms with Gasteiger partial charge in [0.25, 0.3) is 5.91 Å². The molecule has 4 heteroatoms. The highest BCUT2D eigenvalue weighted by Crippen LogP contribution is 2.41. The molecule has 32 heavy (non-hydrogen) atoms. The van der Waals surface area contributed by atoms with Crippen LogP contribution in [0.1, 0.15) is 61.7 Å². The highest BCUT2D eigenvalue weighted by molar-refractivity contribution is 6.07. The van der Waals surface area contributed by atoms with Gasteiger partial charge in [0.15, 0.2) is 0 Å². The third kappa shape index (κ3) is 3.93. The van der Waals surface area contributed by atoms with Crippen molar-refractivity contribution in [2.75, 3.05) is 4.90 Å². The Morgan fingerprint density at radius 1 is 1.06 bits per heavy atom. The van der Waals surface area contributed by atoms with Gasteiger partial charge in [0, 0.05) is 22.9 Å². The Kier molecular flexibility index (Phi) is 5.64. The smallest absolute Gasteiger partial charge is 0.271 e. The van der Waals surface area contributed by atoms with Crippen molar-refractivity contribution in [3.8, 4) is 0 Å². The lowest BCUT2D eigenvalue weighted by Crippen LogP contribution is -2.49. The number of rotatable bonds is 4. The summed E-state index contributed by atoms with van der Waals surface area (Å²) >= 11 is 0. The van der Waals surface area contributed by atoms with E-state index in [1.54, 1.807) is 6.21 Å². The Morgan fingerprint density at radius 3 is 2.53 bits per heavy atom. The van der Waals surface area contributed by atoms with Crippen LogP contribution in [0.5, 0.6) is 0 Å². The number of carbonyl (C=O) groups is 1. The quantitative estimate of drug-likeness (QED) is 0.392. The molecule has 0 fully saturated rings. The third-order valence-electron chi connectivity index (χ3n) is 6.18. The first-order valence-electron chi connectivity index (χ1n) is 11.1. The lowest BCUT2D eigenvalue weighted by molar-refractivity contribution is 0.0957. The topological polar surface area (TPSA) is 44.7 Å². The number of benzene rings is 3. The fourth-order valence-electron chi connectivity index (χ4n) is 4.94. The molecule has 0 radical (unpaired) electrons. The number of allylic oxidation sites excluding steroid dienone is 1. The zero-order chi connectivity index (χ0) is 23.0. The number of carbonyl (C=O) groups excluding carboxylic acids is 1. The molecule has 0 saturated heterocycles. The Hall–Kier alpha value is -3.40. The second kappa shape index (κ2) is 8.27. The number of hydrogen-bond acceptors (Lipinski definition) is 3. The highest BCUT2D eigenvalue weighted by atomic mass is 16.2. The predicted molar refractivity (Wildman–Crippen MR) is 136 cm³/mol. The van der Waals surface area contributed by atoms with E-state index in [1.165, 1.54) is 16.8 Å². The fraction of sp³-hybridized carbons (Fsp3) is 0.286. The zero-order valence-electron chi connectivity index (χ0n) is 19.7. The van der Waals surface area contributed by atoms with Crippen molar-refractivity contribution in [1.29, 1.82) is 0 Å². The number of fused-ring (bicyclic) bond motifs is 2. The molecule has 0 bridgehead atoms. The van der Waals surface area contributed by atoms with E-state index in [-0.39, 0.29) is 11.4 Å². The fourth-order valence-corrected chi connectivity index (χ4v) is 4.94. The maximum Gasteiger partial charge on any atom is 0.271 e. The van der Waals surface area contributed by atoms with E-state index in [0.29, 0.717) is 11.6 Å². The number of hydrazone groups is 1. The van der Waals surface area contributed by atoms with Gasteiger partial charge in [-0.15, -0.1) is 0 Å². The molecule has 164 valence electrons. The van der Waals surface area contributed by atoms with Gasteiger partial charge in [0.05, 0.1) is 11.8 Å². The number of aryl methyl sites for hydroxylation is 1. The number of nitrogens with one attached hydrogen (secondary N) is 1. The molecule has 0 atom stereocenters. The van der Waals surface area contributed by atoms with Crippen LogP contribution >= 0.6 is 0 Å². The van der Waals surface area contributed by atoms with Gasteiger partial charge in [0.1, 0.15) is 0 Å². The first-order chi connectivity index (χ1) is 15.2. The largest absolute Gasteiger partial charge is 0.360 e. The lowest BCUT2D eigenvalue weighted by atomic mass is 9.86. The molecule has 0 spiro atoms. The van der Waals surface area contributed by atoms with Crippen molar-refractivity contribution in [3.63, 3.8) is 0 Å². The van der Waals surface area contributed by atoms with E-state index in [1.807, 2.05) is 42.5 Å². The van der Waals surface area contributed by atoms with Crippen LogP contribution in [0.2, 0.25) is 0 Å². The predicted octanol–water partition coefficient (Wildman–Crippen LogP) is 6.32. The molecule has 0 unspecified atom stereocenters. The molecule has 0 aromatic heterocycles. The summed E-state index contributed by atoms with van der Waals surface area (Å²) in [5.41, 5.74) is 9.13. The highest BCUT2D eigenvalue weighted by Gasteiger charge is 2.33. The monoisotopic (exact) mass is 425 g/mol. The van der Waals surface area contributed by atoms with E-state index in [9.17, 15) is 4.79 Å². The van der Waals surface area contributed by atoms with Crippen LogP contribution in [0.15, 0.2) is 65.8 Å². The van der Waals surface area contributed by atoms with Crippen LogP contribution in [0.25, 0.3) is 16.3 Å². The second-order valence-corrected chi connectivity index (χ2v) is 9.40. The first-order valence-corrected chi connectivity index (χ1v) is 11.1. The van der Waals surface area contributed by atoms with Crippen LogP contribution in [0, 0.1) is 6.92 Å². The van der Waals surface area contributed by atoms with Gasteiger partial charge in [-0.25, -0.2) is 5.43 Å². The van der Waals surface area contributed by atoms with Crippen molar-refractivity contribution in [2.24, 2.45) is 5.10 Å². The minimum Gasteiger partial charge on any atom is -0.360 e. The average molecular weight is 426 g/mol. The summed E-state index contributed by atoms with van der Waals surface area (Å²) in [5.74, 6) is -0.211. The minimum atomic E-state index is -0.211. The molecule has 3 aromatic rings. The van der Waals surface area contributed by atoms with Gasteiger partial charge in [-0.1, -0.05) is 42.5 Å². The maximum atomic E-state index is 12.8. The van der Waals surface area contributed by atoms with E-state index >= 15 is 0 Å². The van der Waals surface area contributed by atoms with Crippen LogP contribution in [0.3, 0.4) is 0 Å². The van der Waals surface area contributed by atoms with E-state index < -0.39 is 0 Å². The van der Waals surface area contributed by atoms with Crippen LogP contribution in [-0.2, 0) is 0 Å². The molecule has 3 aromatic carbocycles. The lowest BCUT2D eigenvalue weighted by Gasteiger charge is -2.46. The Morgan fingerprint density at radius 2 is 1.78 bits per heavy atom. The summed E-state index contributed by atoms with van der Waals surface area (Å²) in [6.07, 6.45) is 4.07. The molecule has 0 aliphatic carbocycles. The number of anilines is 1. The molecule has 1 N–H and O–H groups in total. The van der Waals surface area contributed by atoms with Crippen molar-refractivity contribution in [1.82, 2.24) is 5.43 Å². The van der Waals surface area contributed by atoms with Crippen molar-refractivity contribution < 1.29 is 4.79 Å². The molecular weight excluding hydrogens is 394 g/mol. The van der Waals surface area contributed by atoms with E-state index in [2.05, 4.69) is 75.2 Å². The van der Waals surface area contributed by atoms with Gasteiger partial charge in [-0.05, 0) is 87.2 Å². The van der Waals surface area contributed by atoms with Crippen LogP contribution < -0.4 is 10.3 Å². The number of amides is 1. The van der Waals surface area contributed by atoms with Gasteiger partial charge in [-0.2, -0.15) is 5.10 Å². The summed E-state index contributed by atoms with van der Waals surface area (Å²) in [6.45, 7) is 13.2. The van der Waals surface area contributed by atoms with Crippen molar-refractivity contribution in [2.45, 2.75) is 53.1 Å². The summed E-state index contributed by atoms with van der Waals surface area (Å²) in [7, 11) is 0. The van der Waals surface area contributed by atoms with E-state index in [0.717, 1.165) is 21.9 Å². The summed E-state index contributed by atoms with van der Waals surface area (Å²) < 4.78 is 0. The van der Waals surface area contributed by atoms with E-state index in [4.69, 9.17) is 0 Å². The van der Waals surface area contributed by atoms with Crippen molar-refractivity contribution in [3.05, 3.63) is 82.9 Å².